The van der Waals surface area contributed by atoms with Crippen LogP contribution in [0.4, 0.5) is 0 Å². The summed E-state index contributed by atoms with van der Waals surface area (Å²) < 4.78 is 0. The molecule has 0 amide bonds. The highest BCUT2D eigenvalue weighted by Gasteiger charge is 2.26. The van der Waals surface area contributed by atoms with Crippen LogP contribution in [0.5, 0.6) is 0 Å². The molecule has 3 unspecified atom stereocenters. The SMILES string of the molecule is C=C(O)C1=CCC(C(=C)C2=CC(C(C)C)C(O)C=C2C)C=C1. The van der Waals surface area contributed by atoms with Crippen molar-refractivity contribution in [3.63, 3.8) is 0 Å². The van der Waals surface area contributed by atoms with Crippen molar-refractivity contribution in [1.29, 1.82) is 0 Å². The molecule has 0 aromatic heterocycles. The maximum atomic E-state index is 10.2. The second-order valence-corrected chi connectivity index (χ2v) is 6.57. The fourth-order valence-corrected chi connectivity index (χ4v) is 3.12. The normalized spacial score (nSPS) is 28.0. The lowest BCUT2D eigenvalue weighted by Crippen LogP contribution is -2.26. The molecule has 0 fully saturated rings. The van der Waals surface area contributed by atoms with Gasteiger partial charge < -0.3 is 10.2 Å². The third kappa shape index (κ3) is 3.33. The molecular weight excluding hydrogens is 272 g/mol. The third-order valence-corrected chi connectivity index (χ3v) is 4.60. The lowest BCUT2D eigenvalue weighted by molar-refractivity contribution is 0.147. The van der Waals surface area contributed by atoms with E-state index < -0.39 is 6.10 Å². The molecule has 0 bridgehead atoms. The zero-order valence-electron chi connectivity index (χ0n) is 13.7. The number of aliphatic hydroxyl groups excluding tert-OH is 2. The predicted octanol–water partition coefficient (Wildman–Crippen LogP) is 4.64. The van der Waals surface area contributed by atoms with Crippen LogP contribution in [0, 0.1) is 17.8 Å². The molecule has 0 spiro atoms. The standard InChI is InChI=1S/C20H26O2/c1-12(2)18-11-19(13(3)10-20(18)22)14(4)16-6-8-17(9-7-16)15(5)21/h6,8-12,16,18,20-22H,4-5,7H2,1-3H3. The van der Waals surface area contributed by atoms with Crippen LogP contribution in [0.25, 0.3) is 0 Å². The first-order chi connectivity index (χ1) is 10.3. The van der Waals surface area contributed by atoms with Crippen LogP contribution < -0.4 is 0 Å². The topological polar surface area (TPSA) is 40.5 Å². The molecule has 2 aliphatic rings. The van der Waals surface area contributed by atoms with Gasteiger partial charge in [0.2, 0.25) is 0 Å². The molecule has 22 heavy (non-hydrogen) atoms. The van der Waals surface area contributed by atoms with Gasteiger partial charge >= 0.3 is 0 Å². The maximum absolute atomic E-state index is 10.2. The van der Waals surface area contributed by atoms with Crippen LogP contribution in [0.15, 0.2) is 71.6 Å². The average Bonchev–Trinajstić information content (AvgIpc) is 2.46. The second-order valence-electron chi connectivity index (χ2n) is 6.57. The number of hydrogen-bond acceptors (Lipinski definition) is 2. The first kappa shape index (κ1) is 16.6. The Balaban J connectivity index is 2.20. The highest BCUT2D eigenvalue weighted by molar-refractivity contribution is 5.51. The molecule has 2 nitrogen and oxygen atoms in total. The van der Waals surface area contributed by atoms with Crippen molar-refractivity contribution < 1.29 is 10.2 Å². The van der Waals surface area contributed by atoms with Crippen LogP contribution >= 0.6 is 0 Å². The monoisotopic (exact) mass is 298 g/mol. The van der Waals surface area contributed by atoms with Gasteiger partial charge in [0.1, 0.15) is 5.76 Å². The van der Waals surface area contributed by atoms with Gasteiger partial charge in [0, 0.05) is 17.4 Å². The fourth-order valence-electron chi connectivity index (χ4n) is 3.12. The van der Waals surface area contributed by atoms with Crippen molar-refractivity contribution in [2.24, 2.45) is 17.8 Å². The summed E-state index contributed by atoms with van der Waals surface area (Å²) in [7, 11) is 0. The molecule has 3 atom stereocenters. The molecule has 118 valence electrons. The summed E-state index contributed by atoms with van der Waals surface area (Å²) in [6.07, 6.45) is 10.5. The molecule has 0 aromatic rings. The number of hydrogen-bond donors (Lipinski definition) is 2. The lowest BCUT2D eigenvalue weighted by Gasteiger charge is -2.30. The quantitative estimate of drug-likeness (QED) is 0.742. The Labute approximate surface area is 133 Å². The van der Waals surface area contributed by atoms with Crippen molar-refractivity contribution in [3.8, 4) is 0 Å². The van der Waals surface area contributed by atoms with Gasteiger partial charge in [-0.1, -0.05) is 57.4 Å². The Morgan fingerprint density at radius 2 is 1.95 bits per heavy atom. The minimum absolute atomic E-state index is 0.108. The zero-order chi connectivity index (χ0) is 16.4. The summed E-state index contributed by atoms with van der Waals surface area (Å²) >= 11 is 0. The molecule has 0 radical (unpaired) electrons. The molecule has 0 saturated heterocycles. The summed E-state index contributed by atoms with van der Waals surface area (Å²) in [5.41, 5.74) is 4.09. The van der Waals surface area contributed by atoms with E-state index in [-0.39, 0.29) is 17.6 Å². The summed E-state index contributed by atoms with van der Waals surface area (Å²) in [6, 6.07) is 0. The van der Waals surface area contributed by atoms with Gasteiger partial charge in [-0.2, -0.15) is 0 Å². The van der Waals surface area contributed by atoms with E-state index in [1.807, 2.05) is 25.2 Å². The highest BCUT2D eigenvalue weighted by atomic mass is 16.3. The van der Waals surface area contributed by atoms with Crippen molar-refractivity contribution >= 4 is 0 Å². The molecule has 0 saturated carbocycles. The molecule has 0 aromatic carbocycles. The van der Waals surface area contributed by atoms with Crippen molar-refractivity contribution in [2.45, 2.75) is 33.3 Å². The number of allylic oxidation sites excluding steroid dienone is 6. The van der Waals surface area contributed by atoms with Crippen LogP contribution in [0.1, 0.15) is 27.2 Å². The van der Waals surface area contributed by atoms with E-state index in [2.05, 4.69) is 39.2 Å². The summed E-state index contributed by atoms with van der Waals surface area (Å²) in [6.45, 7) is 14.1. The highest BCUT2D eigenvalue weighted by Crippen LogP contribution is 2.36. The maximum Gasteiger partial charge on any atom is 0.115 e. The van der Waals surface area contributed by atoms with Gasteiger partial charge in [-0.05, 0) is 36.0 Å². The molecule has 0 aliphatic heterocycles. The first-order valence-electron chi connectivity index (χ1n) is 7.85. The van der Waals surface area contributed by atoms with E-state index in [1.165, 1.54) is 0 Å². The molecule has 2 heteroatoms. The van der Waals surface area contributed by atoms with Crippen LogP contribution in [-0.4, -0.2) is 16.3 Å². The van der Waals surface area contributed by atoms with Gasteiger partial charge in [0.05, 0.1) is 6.10 Å². The molecule has 2 rings (SSSR count). The van der Waals surface area contributed by atoms with Crippen molar-refractivity contribution in [3.05, 3.63) is 71.6 Å². The molecule has 2 aliphatic carbocycles. The Morgan fingerprint density at radius 3 is 2.45 bits per heavy atom. The van der Waals surface area contributed by atoms with Crippen molar-refractivity contribution in [1.82, 2.24) is 0 Å². The van der Waals surface area contributed by atoms with E-state index in [4.69, 9.17) is 0 Å². The average molecular weight is 298 g/mol. The second kappa shape index (κ2) is 6.53. The van der Waals surface area contributed by atoms with E-state index in [0.717, 1.165) is 28.7 Å². The molecule has 0 heterocycles. The summed E-state index contributed by atoms with van der Waals surface area (Å²) in [5.74, 6) is 0.844. The van der Waals surface area contributed by atoms with E-state index in [0.29, 0.717) is 5.92 Å². The summed E-state index contributed by atoms with van der Waals surface area (Å²) in [4.78, 5) is 0. The fraction of sp³-hybridized carbons (Fsp3) is 0.400. The zero-order valence-corrected chi connectivity index (χ0v) is 13.7. The first-order valence-corrected chi connectivity index (χ1v) is 7.85. The summed E-state index contributed by atoms with van der Waals surface area (Å²) in [5, 5.41) is 19.6. The van der Waals surface area contributed by atoms with Gasteiger partial charge in [0.25, 0.3) is 0 Å². The number of aliphatic hydroxyl groups is 2. The van der Waals surface area contributed by atoms with Gasteiger partial charge in [-0.15, -0.1) is 0 Å². The van der Waals surface area contributed by atoms with Crippen LogP contribution in [0.3, 0.4) is 0 Å². The Bertz CT molecular complexity index is 599. The third-order valence-electron chi connectivity index (χ3n) is 4.60. The number of rotatable bonds is 4. The Morgan fingerprint density at radius 1 is 1.27 bits per heavy atom. The van der Waals surface area contributed by atoms with Gasteiger partial charge in [0.15, 0.2) is 0 Å². The van der Waals surface area contributed by atoms with E-state index >= 15 is 0 Å². The van der Waals surface area contributed by atoms with Gasteiger partial charge in [-0.25, -0.2) is 0 Å². The minimum atomic E-state index is -0.414. The molecular formula is C20H26O2. The van der Waals surface area contributed by atoms with Crippen LogP contribution in [-0.2, 0) is 0 Å². The minimum Gasteiger partial charge on any atom is -0.508 e. The lowest BCUT2D eigenvalue weighted by atomic mass is 9.77. The Kier molecular flexibility index (Phi) is 4.92. The van der Waals surface area contributed by atoms with Gasteiger partial charge in [-0.3, -0.25) is 0 Å². The van der Waals surface area contributed by atoms with E-state index in [9.17, 15) is 10.2 Å². The Hall–Kier alpha value is -1.80. The van der Waals surface area contributed by atoms with Crippen LogP contribution in [0.2, 0.25) is 0 Å². The molecule has 2 N–H and O–H groups in total. The predicted molar refractivity (Wildman–Crippen MR) is 92.4 cm³/mol. The smallest absolute Gasteiger partial charge is 0.115 e. The van der Waals surface area contributed by atoms with Crippen molar-refractivity contribution in [2.75, 3.05) is 0 Å². The largest absolute Gasteiger partial charge is 0.508 e. The van der Waals surface area contributed by atoms with E-state index in [1.54, 1.807) is 0 Å².